The van der Waals surface area contributed by atoms with E-state index in [1.54, 1.807) is 26.7 Å². The van der Waals surface area contributed by atoms with Crippen molar-refractivity contribution in [2.45, 2.75) is 41.5 Å². The average Bonchev–Trinajstić information content (AvgIpc) is 4.09. The zero-order chi connectivity index (χ0) is 41.9. The summed E-state index contributed by atoms with van der Waals surface area (Å²) in [4.78, 5) is 34.7. The number of hydrogen-bond acceptors (Lipinski definition) is 15. The first-order chi connectivity index (χ1) is 29.8. The van der Waals surface area contributed by atoms with Crippen molar-refractivity contribution in [3.63, 3.8) is 0 Å². The molecule has 1 fully saturated rings. The third-order valence-corrected chi connectivity index (χ3v) is 12.2. The fourth-order valence-electron chi connectivity index (χ4n) is 7.74. The fourth-order valence-corrected chi connectivity index (χ4v) is 9.04. The lowest BCUT2D eigenvalue weighted by atomic mass is 9.86. The van der Waals surface area contributed by atoms with E-state index < -0.39 is 32.8 Å². The van der Waals surface area contributed by atoms with Crippen molar-refractivity contribution in [1.29, 1.82) is 0 Å². The highest BCUT2D eigenvalue weighted by Crippen LogP contribution is 2.45. The van der Waals surface area contributed by atoms with E-state index in [1.165, 1.54) is 24.3 Å². The van der Waals surface area contributed by atoms with Gasteiger partial charge in [0.2, 0.25) is 18.6 Å². The Morgan fingerprint density at radius 1 is 0.885 bits per heavy atom. The van der Waals surface area contributed by atoms with Crippen LogP contribution in [-0.4, -0.2) is 121 Å². The third-order valence-electron chi connectivity index (χ3n) is 10.5. The highest BCUT2D eigenvalue weighted by Gasteiger charge is 2.48. The largest absolute Gasteiger partial charge is 0.454 e. The molecule has 20 nitrogen and oxygen atoms in total. The fraction of sp³-hybridized carbons (Fsp3) is 0.350. The van der Waals surface area contributed by atoms with Crippen molar-refractivity contribution < 1.29 is 56.0 Å². The molecule has 2 atom stereocenters. The number of hydrogen-bond donors (Lipinski definition) is 1. The topological polar surface area (TPSA) is 230 Å². The number of H-pyrrole nitrogens is 1. The van der Waals surface area contributed by atoms with Gasteiger partial charge in [0.1, 0.15) is 24.9 Å². The number of aromatic amines is 1. The lowest BCUT2D eigenvalue weighted by molar-refractivity contribution is -0.832. The number of aromatic nitrogens is 6. The zero-order valence-electron chi connectivity index (χ0n) is 32.6. The van der Waals surface area contributed by atoms with Crippen LogP contribution in [0.1, 0.15) is 28.6 Å². The van der Waals surface area contributed by atoms with Gasteiger partial charge in [0, 0.05) is 23.0 Å². The van der Waals surface area contributed by atoms with Crippen LogP contribution < -0.4 is 19.1 Å². The number of carbonyl (C=O) groups excluding carboxylic acids is 2. The van der Waals surface area contributed by atoms with E-state index in [1.807, 2.05) is 42.5 Å². The number of sulfone groups is 1. The van der Waals surface area contributed by atoms with Crippen molar-refractivity contribution >= 4 is 32.6 Å². The molecule has 3 aliphatic rings. The van der Waals surface area contributed by atoms with Gasteiger partial charge in [-0.3, -0.25) is 14.2 Å². The van der Waals surface area contributed by atoms with Crippen LogP contribution in [0.5, 0.6) is 17.4 Å². The molecule has 3 aromatic heterocycles. The molecule has 0 radical (unpaired) electrons. The molecule has 3 aliphatic heterocycles. The van der Waals surface area contributed by atoms with E-state index in [0.29, 0.717) is 50.0 Å². The molecule has 61 heavy (non-hydrogen) atoms. The summed E-state index contributed by atoms with van der Waals surface area (Å²) in [6.07, 6.45) is 2.11. The molecule has 1 saturated heterocycles. The van der Waals surface area contributed by atoms with Crippen LogP contribution in [-0.2, 0) is 53.1 Å². The SMILES string of the molecule is O=C1[C@H]2Cc3c([nH]c4ccccc34)[C@@H](c3ccc4c(c3)OCO4)N2C(=O)CN1Cc1cn(CCOCCOCCOCCOc2no[n+]([O-])c2S(=O)(=O)c2ccccc2)nn1. The van der Waals surface area contributed by atoms with Crippen molar-refractivity contribution in [1.82, 2.24) is 34.9 Å². The van der Waals surface area contributed by atoms with Gasteiger partial charge in [-0.1, -0.05) is 47.7 Å². The Balaban J connectivity index is 0.708. The standard InChI is InChI=1S/C40H40N8O12S/c49-35-24-45(39(50)32-21-30-29-8-4-5-9-31(29)41-36(30)37(47(32)35)26-10-11-33-34(20-26)59-25-58-33)22-27-23-46(44-42-27)12-13-54-14-15-55-16-17-56-18-19-57-38-40(48(51)60-43-38)61(52,53)28-6-2-1-3-7-28/h1-11,20,23,32,37,41H,12-19,21-22,24-25H2/t32-,37-/m1/s1. The van der Waals surface area contributed by atoms with E-state index in [4.69, 9.17) is 28.4 Å². The first-order valence-corrected chi connectivity index (χ1v) is 21.0. The second kappa shape index (κ2) is 17.2. The number of benzene rings is 3. The summed E-state index contributed by atoms with van der Waals surface area (Å²) in [5.74, 6) is 0.450. The van der Waals surface area contributed by atoms with E-state index in [-0.39, 0.29) is 67.9 Å². The summed E-state index contributed by atoms with van der Waals surface area (Å²) in [5, 5.41) is 24.2. The quantitative estimate of drug-likeness (QED) is 0.0963. The molecule has 2 amide bonds. The van der Waals surface area contributed by atoms with Crippen molar-refractivity contribution in [3.05, 3.63) is 107 Å². The van der Waals surface area contributed by atoms with Gasteiger partial charge >= 0.3 is 10.9 Å². The predicted molar refractivity (Wildman–Crippen MR) is 208 cm³/mol. The molecule has 318 valence electrons. The van der Waals surface area contributed by atoms with Gasteiger partial charge in [0.05, 0.1) is 75.0 Å². The number of ether oxygens (including phenoxy) is 6. The van der Waals surface area contributed by atoms with Gasteiger partial charge in [-0.15, -0.1) is 5.10 Å². The minimum atomic E-state index is -4.21. The minimum Gasteiger partial charge on any atom is -0.454 e. The lowest BCUT2D eigenvalue weighted by Crippen LogP contribution is -2.62. The van der Waals surface area contributed by atoms with Crippen molar-refractivity contribution in [3.8, 4) is 17.4 Å². The van der Waals surface area contributed by atoms with Crippen LogP contribution in [0, 0.1) is 5.21 Å². The summed E-state index contributed by atoms with van der Waals surface area (Å²) in [7, 11) is -4.21. The Labute approximate surface area is 347 Å². The number of nitrogens with one attached hydrogen (secondary N) is 1. The zero-order valence-corrected chi connectivity index (χ0v) is 33.4. The number of carbonyl (C=O) groups is 2. The maximum Gasteiger partial charge on any atom is 0.415 e. The summed E-state index contributed by atoms with van der Waals surface area (Å²) in [5.41, 5.74) is 4.21. The van der Waals surface area contributed by atoms with E-state index in [0.717, 1.165) is 27.7 Å². The third kappa shape index (κ3) is 8.07. The molecular weight excluding hydrogens is 817 g/mol. The summed E-state index contributed by atoms with van der Waals surface area (Å²) >= 11 is 0. The molecule has 0 unspecified atom stereocenters. The number of nitrogens with zero attached hydrogens (tertiary/aromatic N) is 7. The molecule has 6 aromatic rings. The van der Waals surface area contributed by atoms with Crippen LogP contribution in [0.25, 0.3) is 10.9 Å². The van der Waals surface area contributed by atoms with Crippen LogP contribution >= 0.6 is 0 Å². The highest BCUT2D eigenvalue weighted by atomic mass is 32.2. The smallest absolute Gasteiger partial charge is 0.415 e. The van der Waals surface area contributed by atoms with Gasteiger partial charge in [0.25, 0.3) is 9.84 Å². The maximum absolute atomic E-state index is 14.2. The molecule has 6 heterocycles. The molecule has 1 N–H and O–H groups in total. The molecule has 21 heteroatoms. The molecule has 0 spiro atoms. The van der Waals surface area contributed by atoms with Gasteiger partial charge < -0.3 is 48.4 Å². The van der Waals surface area contributed by atoms with Crippen LogP contribution in [0.3, 0.4) is 0 Å². The number of amides is 2. The normalized spacial score (nSPS) is 17.2. The monoisotopic (exact) mass is 856 g/mol. The Morgan fingerprint density at radius 3 is 2.44 bits per heavy atom. The average molecular weight is 857 g/mol. The van der Waals surface area contributed by atoms with Crippen LogP contribution in [0.15, 0.2) is 93.5 Å². The van der Waals surface area contributed by atoms with Crippen molar-refractivity contribution in [2.75, 3.05) is 59.6 Å². The number of piperazine rings is 1. The molecular formula is C40H40N8O12S. The van der Waals surface area contributed by atoms with E-state index >= 15 is 0 Å². The van der Waals surface area contributed by atoms with Crippen LogP contribution in [0.4, 0.5) is 0 Å². The highest BCUT2D eigenvalue weighted by molar-refractivity contribution is 7.91. The molecule has 0 aliphatic carbocycles. The molecule has 0 bridgehead atoms. The Hall–Kier alpha value is -6.55. The van der Waals surface area contributed by atoms with Crippen LogP contribution in [0.2, 0.25) is 0 Å². The van der Waals surface area contributed by atoms with Gasteiger partial charge in [-0.05, 0) is 46.4 Å². The maximum atomic E-state index is 14.2. The Morgan fingerprint density at radius 2 is 1.62 bits per heavy atom. The van der Waals surface area contributed by atoms with Gasteiger partial charge in [-0.2, -0.15) is 0 Å². The summed E-state index contributed by atoms with van der Waals surface area (Å²) < 4.78 is 65.0. The summed E-state index contributed by atoms with van der Waals surface area (Å²) in [6, 6.07) is 19.8. The second-order valence-electron chi connectivity index (χ2n) is 14.3. The van der Waals surface area contributed by atoms with Gasteiger partial charge in [-0.25, -0.2) is 13.1 Å². The minimum absolute atomic E-state index is 0.0755. The first kappa shape index (κ1) is 39.9. The number of fused-ring (bicyclic) bond motifs is 5. The van der Waals surface area contributed by atoms with Crippen molar-refractivity contribution in [2.24, 2.45) is 0 Å². The second-order valence-corrected chi connectivity index (χ2v) is 16.2. The molecule has 9 rings (SSSR count). The first-order valence-electron chi connectivity index (χ1n) is 19.5. The number of para-hydroxylation sites is 1. The van der Waals surface area contributed by atoms with E-state index in [2.05, 4.69) is 25.1 Å². The van der Waals surface area contributed by atoms with Gasteiger partial charge in [0.15, 0.2) is 11.5 Å². The predicted octanol–water partition coefficient (Wildman–Crippen LogP) is 1.96. The Kier molecular flexibility index (Phi) is 11.2. The molecule has 0 saturated carbocycles. The molecule has 3 aromatic carbocycles. The Bertz CT molecular complexity index is 2650. The summed E-state index contributed by atoms with van der Waals surface area (Å²) in [6.45, 7) is 2.02. The van der Waals surface area contributed by atoms with E-state index in [9.17, 15) is 23.2 Å². The number of rotatable bonds is 18. The lowest BCUT2D eigenvalue weighted by Gasteiger charge is -2.47.